The van der Waals surface area contributed by atoms with Crippen molar-refractivity contribution in [1.82, 2.24) is 5.32 Å². The van der Waals surface area contributed by atoms with Crippen LogP contribution in [0.1, 0.15) is 37.8 Å². The SMILES string of the molecule is CC1(C)c2ccccc2C[C@H]2NCCC[C@H]21.Cl. The molecule has 1 aromatic carbocycles. The molecule has 0 aromatic heterocycles. The first-order valence-electron chi connectivity index (χ1n) is 6.51. The fourth-order valence-corrected chi connectivity index (χ4v) is 3.79. The third-order valence-corrected chi connectivity index (χ3v) is 4.66. The van der Waals surface area contributed by atoms with Crippen molar-refractivity contribution < 1.29 is 0 Å². The average Bonchev–Trinajstić information content (AvgIpc) is 2.29. The van der Waals surface area contributed by atoms with Crippen LogP contribution in [-0.4, -0.2) is 12.6 Å². The Balaban J connectivity index is 0.00000108. The van der Waals surface area contributed by atoms with Gasteiger partial charge in [0.25, 0.3) is 0 Å². The lowest BCUT2D eigenvalue weighted by atomic mass is 9.61. The predicted octanol–water partition coefficient (Wildman–Crippen LogP) is 3.31. The van der Waals surface area contributed by atoms with E-state index in [0.717, 1.165) is 5.92 Å². The molecule has 3 rings (SSSR count). The standard InChI is InChI=1S/C15H21N.ClH/c1-15(2)12-7-4-3-6-11(12)10-14-13(15)8-5-9-16-14;/h3-4,6-7,13-14,16H,5,8-10H2,1-2H3;1H/t13-,14-;/m1./s1. The normalized spacial score (nSPS) is 29.8. The van der Waals surface area contributed by atoms with Gasteiger partial charge in [-0.2, -0.15) is 0 Å². The van der Waals surface area contributed by atoms with Gasteiger partial charge >= 0.3 is 0 Å². The molecule has 0 spiro atoms. The molecule has 17 heavy (non-hydrogen) atoms. The summed E-state index contributed by atoms with van der Waals surface area (Å²) in [6, 6.07) is 9.72. The van der Waals surface area contributed by atoms with Crippen molar-refractivity contribution in [1.29, 1.82) is 0 Å². The maximum atomic E-state index is 3.72. The summed E-state index contributed by atoms with van der Waals surface area (Å²) in [4.78, 5) is 0. The Kier molecular flexibility index (Phi) is 3.51. The van der Waals surface area contributed by atoms with Crippen molar-refractivity contribution in [2.24, 2.45) is 5.92 Å². The zero-order chi connectivity index (χ0) is 11.2. The average molecular weight is 252 g/mol. The van der Waals surface area contributed by atoms with E-state index in [1.807, 2.05) is 0 Å². The van der Waals surface area contributed by atoms with Crippen molar-refractivity contribution in [3.8, 4) is 0 Å². The molecule has 0 unspecified atom stereocenters. The first kappa shape index (κ1) is 12.9. The monoisotopic (exact) mass is 251 g/mol. The number of benzene rings is 1. The zero-order valence-electron chi connectivity index (χ0n) is 10.7. The Morgan fingerprint density at radius 2 is 2.00 bits per heavy atom. The molecule has 1 N–H and O–H groups in total. The zero-order valence-corrected chi connectivity index (χ0v) is 11.5. The van der Waals surface area contributed by atoms with E-state index in [9.17, 15) is 0 Å². The number of piperidine rings is 1. The van der Waals surface area contributed by atoms with E-state index in [1.165, 1.54) is 25.8 Å². The van der Waals surface area contributed by atoms with Crippen LogP contribution in [0, 0.1) is 5.92 Å². The second-order valence-electron chi connectivity index (χ2n) is 5.89. The number of fused-ring (bicyclic) bond motifs is 2. The van der Waals surface area contributed by atoms with Gasteiger partial charge in [-0.3, -0.25) is 0 Å². The molecule has 1 aromatic rings. The quantitative estimate of drug-likeness (QED) is 0.746. The Labute approximate surface area is 110 Å². The lowest BCUT2D eigenvalue weighted by Crippen LogP contribution is -2.53. The third-order valence-electron chi connectivity index (χ3n) is 4.66. The molecule has 1 aliphatic carbocycles. The molecule has 94 valence electrons. The lowest BCUT2D eigenvalue weighted by Gasteiger charge is -2.48. The predicted molar refractivity (Wildman–Crippen MR) is 74.9 cm³/mol. The molecule has 2 aliphatic rings. The van der Waals surface area contributed by atoms with Crippen LogP contribution >= 0.6 is 12.4 Å². The highest BCUT2D eigenvalue weighted by molar-refractivity contribution is 5.85. The highest BCUT2D eigenvalue weighted by Crippen LogP contribution is 2.44. The summed E-state index contributed by atoms with van der Waals surface area (Å²) >= 11 is 0. The first-order chi connectivity index (χ1) is 7.69. The van der Waals surface area contributed by atoms with Gasteiger partial charge in [-0.15, -0.1) is 12.4 Å². The van der Waals surface area contributed by atoms with E-state index in [4.69, 9.17) is 0 Å². The largest absolute Gasteiger partial charge is 0.313 e. The Morgan fingerprint density at radius 3 is 2.82 bits per heavy atom. The van der Waals surface area contributed by atoms with Gasteiger partial charge in [0, 0.05) is 6.04 Å². The highest BCUT2D eigenvalue weighted by Gasteiger charge is 2.42. The summed E-state index contributed by atoms with van der Waals surface area (Å²) in [5.41, 5.74) is 3.48. The molecular weight excluding hydrogens is 230 g/mol. The molecule has 0 radical (unpaired) electrons. The summed E-state index contributed by atoms with van der Waals surface area (Å²) in [6.07, 6.45) is 3.95. The summed E-state index contributed by atoms with van der Waals surface area (Å²) in [5, 5.41) is 3.72. The highest BCUT2D eigenvalue weighted by atomic mass is 35.5. The molecule has 1 heterocycles. The van der Waals surface area contributed by atoms with Gasteiger partial charge < -0.3 is 5.32 Å². The van der Waals surface area contributed by atoms with Gasteiger partial charge in [-0.1, -0.05) is 38.1 Å². The van der Waals surface area contributed by atoms with Gasteiger partial charge in [0.2, 0.25) is 0 Å². The third kappa shape index (κ3) is 2.00. The summed E-state index contributed by atoms with van der Waals surface area (Å²) in [7, 11) is 0. The topological polar surface area (TPSA) is 12.0 Å². The maximum Gasteiger partial charge on any atom is 0.0144 e. The van der Waals surface area contributed by atoms with Crippen LogP contribution in [0.2, 0.25) is 0 Å². The van der Waals surface area contributed by atoms with Crippen LogP contribution in [-0.2, 0) is 11.8 Å². The number of hydrogen-bond acceptors (Lipinski definition) is 1. The summed E-state index contributed by atoms with van der Waals surface area (Å²) in [6.45, 7) is 6.06. The van der Waals surface area contributed by atoms with E-state index >= 15 is 0 Å². The second kappa shape index (κ2) is 4.62. The molecule has 2 heteroatoms. The van der Waals surface area contributed by atoms with Crippen molar-refractivity contribution in [3.05, 3.63) is 35.4 Å². The van der Waals surface area contributed by atoms with Crippen LogP contribution in [0.15, 0.2) is 24.3 Å². The molecule has 0 bridgehead atoms. The van der Waals surface area contributed by atoms with E-state index in [-0.39, 0.29) is 12.4 Å². The molecule has 1 nitrogen and oxygen atoms in total. The van der Waals surface area contributed by atoms with Gasteiger partial charge in [0.15, 0.2) is 0 Å². The first-order valence-corrected chi connectivity index (χ1v) is 6.51. The van der Waals surface area contributed by atoms with Gasteiger partial charge in [0.1, 0.15) is 0 Å². The van der Waals surface area contributed by atoms with Crippen LogP contribution in [0.4, 0.5) is 0 Å². The van der Waals surface area contributed by atoms with Gasteiger partial charge in [0.05, 0.1) is 0 Å². The van der Waals surface area contributed by atoms with Crippen molar-refractivity contribution in [2.75, 3.05) is 6.54 Å². The smallest absolute Gasteiger partial charge is 0.0144 e. The van der Waals surface area contributed by atoms with Crippen molar-refractivity contribution in [3.63, 3.8) is 0 Å². The summed E-state index contributed by atoms with van der Waals surface area (Å²) < 4.78 is 0. The second-order valence-corrected chi connectivity index (χ2v) is 5.89. The Hall–Kier alpha value is -0.530. The molecular formula is C15H22ClN. The minimum Gasteiger partial charge on any atom is -0.313 e. The fourth-order valence-electron chi connectivity index (χ4n) is 3.79. The van der Waals surface area contributed by atoms with Crippen LogP contribution in [0.25, 0.3) is 0 Å². The van der Waals surface area contributed by atoms with Crippen molar-refractivity contribution >= 4 is 12.4 Å². The molecule has 1 aliphatic heterocycles. The van der Waals surface area contributed by atoms with Crippen molar-refractivity contribution in [2.45, 2.75) is 44.6 Å². The van der Waals surface area contributed by atoms with Crippen LogP contribution in [0.5, 0.6) is 0 Å². The maximum absolute atomic E-state index is 3.72. The number of hydrogen-bond donors (Lipinski definition) is 1. The fraction of sp³-hybridized carbons (Fsp3) is 0.600. The van der Waals surface area contributed by atoms with E-state index in [2.05, 4.69) is 43.4 Å². The Morgan fingerprint density at radius 1 is 1.24 bits per heavy atom. The van der Waals surface area contributed by atoms with E-state index < -0.39 is 0 Å². The molecule has 2 atom stereocenters. The van der Waals surface area contributed by atoms with Crippen LogP contribution < -0.4 is 5.32 Å². The minimum absolute atomic E-state index is 0. The number of nitrogens with one attached hydrogen (secondary N) is 1. The molecule has 1 fully saturated rings. The molecule has 0 saturated carbocycles. The Bertz CT molecular complexity index is 400. The minimum atomic E-state index is 0. The number of halogens is 1. The van der Waals surface area contributed by atoms with E-state index in [1.54, 1.807) is 11.1 Å². The number of rotatable bonds is 0. The van der Waals surface area contributed by atoms with E-state index in [0.29, 0.717) is 11.5 Å². The van der Waals surface area contributed by atoms with Gasteiger partial charge in [-0.25, -0.2) is 0 Å². The lowest BCUT2D eigenvalue weighted by molar-refractivity contribution is 0.168. The molecule has 1 saturated heterocycles. The van der Waals surface area contributed by atoms with Crippen LogP contribution in [0.3, 0.4) is 0 Å². The summed E-state index contributed by atoms with van der Waals surface area (Å²) in [5.74, 6) is 0.816. The molecule has 0 amide bonds. The van der Waals surface area contributed by atoms with Gasteiger partial charge in [-0.05, 0) is 48.3 Å².